The molecule has 0 radical (unpaired) electrons. The number of aliphatic hydroxyl groups is 1. The Kier molecular flexibility index (Phi) is 4.25. The summed E-state index contributed by atoms with van der Waals surface area (Å²) in [6.07, 6.45) is 7.09. The molecule has 0 saturated heterocycles. The van der Waals surface area contributed by atoms with Crippen LogP contribution < -0.4 is 4.90 Å². The molecule has 2 rings (SSSR count). The van der Waals surface area contributed by atoms with E-state index in [0.29, 0.717) is 0 Å². The maximum absolute atomic E-state index is 9.36. The fraction of sp³-hybridized carbons (Fsp3) is 0.286. The number of hydrogen-bond acceptors (Lipinski definition) is 4. The SMILES string of the molecule is CCN(Cc1ccncc1)c1cnccc1CO. The highest BCUT2D eigenvalue weighted by molar-refractivity contribution is 5.51. The van der Waals surface area contributed by atoms with E-state index in [1.54, 1.807) is 24.8 Å². The molecule has 4 heteroatoms. The van der Waals surface area contributed by atoms with Gasteiger partial charge in [-0.25, -0.2) is 0 Å². The minimum Gasteiger partial charge on any atom is -0.392 e. The number of pyridine rings is 2. The summed E-state index contributed by atoms with van der Waals surface area (Å²) in [5.74, 6) is 0. The molecule has 0 atom stereocenters. The standard InChI is InChI=1S/C14H17N3O/c1-2-17(10-12-3-6-15-7-4-12)14-9-16-8-5-13(14)11-18/h3-9,18H,2,10-11H2,1H3. The molecule has 1 N–H and O–H groups in total. The first kappa shape index (κ1) is 12.5. The van der Waals surface area contributed by atoms with Gasteiger partial charge in [-0.3, -0.25) is 9.97 Å². The van der Waals surface area contributed by atoms with Crippen molar-refractivity contribution in [3.63, 3.8) is 0 Å². The van der Waals surface area contributed by atoms with Crippen molar-refractivity contribution in [3.05, 3.63) is 54.1 Å². The zero-order chi connectivity index (χ0) is 12.8. The molecule has 0 aliphatic heterocycles. The lowest BCUT2D eigenvalue weighted by atomic mass is 10.2. The van der Waals surface area contributed by atoms with Gasteiger partial charge in [-0.15, -0.1) is 0 Å². The van der Waals surface area contributed by atoms with Gasteiger partial charge in [0.1, 0.15) is 0 Å². The molecule has 2 heterocycles. The van der Waals surface area contributed by atoms with E-state index in [1.807, 2.05) is 18.2 Å². The van der Waals surface area contributed by atoms with Crippen LogP contribution in [0.3, 0.4) is 0 Å². The van der Waals surface area contributed by atoms with Crippen molar-refractivity contribution in [2.24, 2.45) is 0 Å². The first-order chi connectivity index (χ1) is 8.85. The maximum atomic E-state index is 9.36. The smallest absolute Gasteiger partial charge is 0.0703 e. The van der Waals surface area contributed by atoms with Crippen molar-refractivity contribution in [2.45, 2.75) is 20.1 Å². The Morgan fingerprint density at radius 1 is 1.11 bits per heavy atom. The fourth-order valence-corrected chi connectivity index (χ4v) is 1.91. The van der Waals surface area contributed by atoms with E-state index in [0.717, 1.165) is 24.3 Å². The van der Waals surface area contributed by atoms with Crippen molar-refractivity contribution in [2.75, 3.05) is 11.4 Å². The molecule has 0 fully saturated rings. The molecule has 0 bridgehead atoms. The highest BCUT2D eigenvalue weighted by Gasteiger charge is 2.09. The van der Waals surface area contributed by atoms with E-state index < -0.39 is 0 Å². The lowest BCUT2D eigenvalue weighted by Crippen LogP contribution is -2.23. The molecular formula is C14H17N3O. The van der Waals surface area contributed by atoms with E-state index in [4.69, 9.17) is 0 Å². The Morgan fingerprint density at radius 2 is 1.83 bits per heavy atom. The van der Waals surface area contributed by atoms with Crippen LogP contribution in [-0.4, -0.2) is 21.6 Å². The van der Waals surface area contributed by atoms with Gasteiger partial charge in [0.05, 0.1) is 18.5 Å². The zero-order valence-electron chi connectivity index (χ0n) is 10.5. The largest absolute Gasteiger partial charge is 0.392 e. The third kappa shape index (κ3) is 2.84. The molecule has 4 nitrogen and oxygen atoms in total. The second-order valence-electron chi connectivity index (χ2n) is 4.03. The van der Waals surface area contributed by atoms with Crippen LogP contribution in [0.25, 0.3) is 0 Å². The van der Waals surface area contributed by atoms with Crippen LogP contribution in [-0.2, 0) is 13.2 Å². The Balaban J connectivity index is 2.23. The van der Waals surface area contributed by atoms with Crippen LogP contribution in [0, 0.1) is 0 Å². The Morgan fingerprint density at radius 3 is 2.50 bits per heavy atom. The molecule has 0 unspecified atom stereocenters. The molecule has 0 spiro atoms. The van der Waals surface area contributed by atoms with Crippen molar-refractivity contribution >= 4 is 5.69 Å². The van der Waals surface area contributed by atoms with Crippen LogP contribution in [0.5, 0.6) is 0 Å². The fourth-order valence-electron chi connectivity index (χ4n) is 1.91. The number of aromatic nitrogens is 2. The zero-order valence-corrected chi connectivity index (χ0v) is 10.5. The van der Waals surface area contributed by atoms with Gasteiger partial charge in [0.15, 0.2) is 0 Å². The van der Waals surface area contributed by atoms with Gasteiger partial charge in [0.25, 0.3) is 0 Å². The molecule has 0 saturated carbocycles. The minimum absolute atomic E-state index is 0.0324. The number of rotatable bonds is 5. The predicted molar refractivity (Wildman–Crippen MR) is 71.1 cm³/mol. The second kappa shape index (κ2) is 6.12. The molecule has 0 aliphatic carbocycles. The Bertz CT molecular complexity index is 487. The van der Waals surface area contributed by atoms with Gasteiger partial charge in [0.2, 0.25) is 0 Å². The van der Waals surface area contributed by atoms with Crippen LogP contribution in [0.2, 0.25) is 0 Å². The number of hydrogen-bond donors (Lipinski definition) is 1. The summed E-state index contributed by atoms with van der Waals surface area (Å²) >= 11 is 0. The predicted octanol–water partition coefficient (Wildman–Crippen LogP) is 2.00. The molecule has 94 valence electrons. The minimum atomic E-state index is 0.0324. The summed E-state index contributed by atoms with van der Waals surface area (Å²) in [4.78, 5) is 10.3. The quantitative estimate of drug-likeness (QED) is 0.872. The van der Waals surface area contributed by atoms with Crippen molar-refractivity contribution < 1.29 is 5.11 Å². The number of anilines is 1. The molecular weight excluding hydrogens is 226 g/mol. The van der Waals surface area contributed by atoms with Crippen molar-refractivity contribution in [1.82, 2.24) is 9.97 Å². The van der Waals surface area contributed by atoms with Crippen LogP contribution in [0.4, 0.5) is 5.69 Å². The van der Waals surface area contributed by atoms with Gasteiger partial charge < -0.3 is 10.0 Å². The monoisotopic (exact) mass is 243 g/mol. The molecule has 0 aliphatic rings. The van der Waals surface area contributed by atoms with Gasteiger partial charge >= 0.3 is 0 Å². The third-order valence-electron chi connectivity index (χ3n) is 2.90. The van der Waals surface area contributed by atoms with Gasteiger partial charge in [0, 0.05) is 37.2 Å². The average molecular weight is 243 g/mol. The van der Waals surface area contributed by atoms with E-state index in [1.165, 1.54) is 5.56 Å². The molecule has 2 aromatic heterocycles. The second-order valence-corrected chi connectivity index (χ2v) is 4.03. The van der Waals surface area contributed by atoms with Gasteiger partial charge in [-0.1, -0.05) is 0 Å². The summed E-state index contributed by atoms with van der Waals surface area (Å²) in [6.45, 7) is 3.78. The Hall–Kier alpha value is -1.94. The third-order valence-corrected chi connectivity index (χ3v) is 2.90. The van der Waals surface area contributed by atoms with Crippen LogP contribution in [0.15, 0.2) is 43.0 Å². The van der Waals surface area contributed by atoms with E-state index in [2.05, 4.69) is 21.8 Å². The lowest BCUT2D eigenvalue weighted by Gasteiger charge is -2.24. The van der Waals surface area contributed by atoms with Gasteiger partial charge in [-0.2, -0.15) is 0 Å². The number of aliphatic hydroxyl groups excluding tert-OH is 1. The summed E-state index contributed by atoms with van der Waals surface area (Å²) in [5.41, 5.74) is 3.08. The molecule has 18 heavy (non-hydrogen) atoms. The van der Waals surface area contributed by atoms with Crippen molar-refractivity contribution in [1.29, 1.82) is 0 Å². The van der Waals surface area contributed by atoms with E-state index >= 15 is 0 Å². The summed E-state index contributed by atoms with van der Waals surface area (Å²) in [7, 11) is 0. The van der Waals surface area contributed by atoms with E-state index in [-0.39, 0.29) is 6.61 Å². The lowest BCUT2D eigenvalue weighted by molar-refractivity contribution is 0.282. The highest BCUT2D eigenvalue weighted by atomic mass is 16.3. The van der Waals surface area contributed by atoms with E-state index in [9.17, 15) is 5.11 Å². The Labute approximate surface area is 107 Å². The van der Waals surface area contributed by atoms with Crippen LogP contribution in [0.1, 0.15) is 18.1 Å². The molecule has 2 aromatic rings. The first-order valence-electron chi connectivity index (χ1n) is 6.02. The van der Waals surface area contributed by atoms with Gasteiger partial charge in [-0.05, 0) is 30.7 Å². The maximum Gasteiger partial charge on any atom is 0.0703 e. The molecule has 0 amide bonds. The normalized spacial score (nSPS) is 10.3. The molecule has 0 aromatic carbocycles. The van der Waals surface area contributed by atoms with Crippen LogP contribution >= 0.6 is 0 Å². The summed E-state index contributed by atoms with van der Waals surface area (Å²) in [5, 5.41) is 9.36. The highest BCUT2D eigenvalue weighted by Crippen LogP contribution is 2.20. The number of nitrogens with zero attached hydrogens (tertiary/aromatic N) is 3. The average Bonchev–Trinajstić information content (AvgIpc) is 2.46. The topological polar surface area (TPSA) is 49.2 Å². The van der Waals surface area contributed by atoms with Crippen molar-refractivity contribution in [3.8, 4) is 0 Å². The summed E-state index contributed by atoms with van der Waals surface area (Å²) < 4.78 is 0. The first-order valence-corrected chi connectivity index (χ1v) is 6.02. The summed E-state index contributed by atoms with van der Waals surface area (Å²) in [6, 6.07) is 5.85.